The first kappa shape index (κ1) is 124. The molecule has 12 heterocycles. The molecule has 12 rings (SSSR count). The van der Waals surface area contributed by atoms with E-state index in [1.54, 1.807) is 24.1 Å². The summed E-state index contributed by atoms with van der Waals surface area (Å²) in [5.74, 6) is -2.60. The second-order valence-corrected chi connectivity index (χ2v) is 34.3. The number of nitrogens with one attached hydrogen (secondary N) is 6. The fraction of sp³-hybridized carbons (Fsp3) is 0.257. The lowest BCUT2D eigenvalue weighted by Gasteiger charge is -2.18. The lowest BCUT2D eigenvalue weighted by molar-refractivity contribution is -0.142. The van der Waals surface area contributed by atoms with Crippen molar-refractivity contribution in [3.8, 4) is 46.1 Å². The average molecular weight is 2190 g/mol. The number of nitrogens with zero attached hydrogens (tertiary/aromatic N) is 18. The van der Waals surface area contributed by atoms with Crippen LogP contribution in [0.15, 0.2) is 156 Å². The molecule has 68 heteroatoms. The number of carbonyl (C=O) groups is 3. The van der Waals surface area contributed by atoms with Crippen molar-refractivity contribution < 1.29 is 139 Å². The van der Waals surface area contributed by atoms with Crippen molar-refractivity contribution in [2.45, 2.75) is 103 Å². The van der Waals surface area contributed by atoms with Crippen LogP contribution in [0.25, 0.3) is 46.1 Å². The fourth-order valence-electron chi connectivity index (χ4n) is 8.39. The maximum Gasteiger partial charge on any atom is 0.433 e. The molecule has 0 aliphatic heterocycles. The lowest BCUT2D eigenvalue weighted by Crippen LogP contribution is -2.38. The Morgan fingerprint density at radius 2 is 0.718 bits per heavy atom. The van der Waals surface area contributed by atoms with Gasteiger partial charge >= 0.3 is 84.0 Å². The van der Waals surface area contributed by atoms with Crippen LogP contribution in [0.5, 0.6) is 0 Å². The van der Waals surface area contributed by atoms with Crippen LogP contribution in [-0.2, 0) is 58.7 Å². The molecule has 12 aromatic heterocycles. The number of aromatic amines is 2. The van der Waals surface area contributed by atoms with Crippen LogP contribution in [0.2, 0.25) is 15.9 Å². The fourth-order valence-corrected chi connectivity index (χ4v) is 8.91. The van der Waals surface area contributed by atoms with Crippen LogP contribution < -0.4 is 55.6 Å². The SMILES string of the molecule is C.C.CC(C)(O)CN.CC(C)(O)CNc1nc(Nc2ccnc(C(F)(F)F)c2)nc(-c2cccc(C(F)(F)F)n2)n1.COC(=O)c1cccc(C(F)(F)F)n1.FC(F)(F)c1cc(Nc2nc(Cl)nc(-c3cccc(C(F)(F)F)n3)n2)ccn1.FC(F)(F)c1cccc(-c2nc(Cl)nc(Cl)n2)n1.NC(=O)NC(N)=O.Nc1ccnc(C(F)(F)F)c1.O=P(Cl)(Cl)Cl.O=c1nc(-c2cccc(C(F)(F)F)n2)[nH]c(=O)[nH]1. The number of aliphatic hydroxyl groups is 2. The maximum atomic E-state index is 13.0. The largest absolute Gasteiger partial charge is 0.464 e. The van der Waals surface area contributed by atoms with E-state index in [-0.39, 0.29) is 119 Å². The number of anilines is 6. The molecule has 0 aliphatic rings. The Balaban J connectivity index is 0.000000569. The van der Waals surface area contributed by atoms with Crippen molar-refractivity contribution in [3.05, 3.63) is 234 Å². The number of amides is 4. The molecule has 37 nitrogen and oxygen atoms in total. The van der Waals surface area contributed by atoms with Crippen LogP contribution in [-0.4, -0.2) is 159 Å². The zero-order valence-electron chi connectivity index (χ0n) is 69.7. The number of esters is 1. The smallest absolute Gasteiger partial charge is 0.433 e. The van der Waals surface area contributed by atoms with Crippen LogP contribution in [0.4, 0.5) is 150 Å². The second kappa shape index (κ2) is 52.8. The van der Waals surface area contributed by atoms with E-state index >= 15 is 0 Å². The van der Waals surface area contributed by atoms with E-state index in [2.05, 4.69) is 161 Å². The normalized spacial score (nSPS) is 11.5. The highest BCUT2D eigenvalue weighted by Crippen LogP contribution is 2.61. The third-order valence-electron chi connectivity index (χ3n) is 14.1. The zero-order chi connectivity index (χ0) is 106. The molecule has 16 N–H and O–H groups in total. The second-order valence-electron chi connectivity index (χ2n) is 26.6. The summed E-state index contributed by atoms with van der Waals surface area (Å²) in [5.41, 5.74) is 5.18. The van der Waals surface area contributed by atoms with Gasteiger partial charge in [-0.15, -0.1) is 0 Å². The van der Waals surface area contributed by atoms with E-state index in [1.165, 1.54) is 62.4 Å². The van der Waals surface area contributed by atoms with Crippen molar-refractivity contribution in [2.75, 3.05) is 41.9 Å². The number of methoxy groups -OCH3 is 1. The van der Waals surface area contributed by atoms with Gasteiger partial charge in [-0.05, 0) is 193 Å². The van der Waals surface area contributed by atoms with Gasteiger partial charge in [0.15, 0.2) is 23.3 Å². The molecule has 0 aromatic carbocycles. The monoisotopic (exact) mass is 2190 g/mol. The summed E-state index contributed by atoms with van der Waals surface area (Å²) in [7, 11) is 1.07. The molecule has 142 heavy (non-hydrogen) atoms. The molecule has 0 aliphatic carbocycles. The number of aromatic nitrogens is 20. The molecule has 0 atom stereocenters. The van der Waals surface area contributed by atoms with Crippen LogP contribution in [0.3, 0.4) is 0 Å². The lowest BCUT2D eigenvalue weighted by atomic mass is 10.1. The molecule has 0 saturated carbocycles. The first-order chi connectivity index (χ1) is 64.1. The Morgan fingerprint density at radius 3 is 1.04 bits per heavy atom. The molecule has 12 aromatic rings. The Morgan fingerprint density at radius 1 is 0.408 bits per heavy atom. The number of urea groups is 2. The zero-order valence-corrected chi connectivity index (χ0v) is 75.1. The summed E-state index contributed by atoms with van der Waals surface area (Å²) in [6, 6.07) is 19.8. The Kier molecular flexibility index (Phi) is 46.3. The molecule has 772 valence electrons. The number of primary amides is 2. The van der Waals surface area contributed by atoms with Gasteiger partial charge in [-0.25, -0.2) is 48.9 Å². The third kappa shape index (κ3) is 47.1. The van der Waals surface area contributed by atoms with E-state index in [9.17, 15) is 139 Å². The summed E-state index contributed by atoms with van der Waals surface area (Å²) in [6.45, 7) is 6.61. The van der Waals surface area contributed by atoms with E-state index in [1.807, 2.05) is 0 Å². The number of hydrogen-bond donors (Lipinski definition) is 12. The molecule has 0 unspecified atom stereocenters. The first-order valence-corrected chi connectivity index (χ1v) is 41.7. The van der Waals surface area contributed by atoms with Gasteiger partial charge in [0.25, 0.3) is 0 Å². The van der Waals surface area contributed by atoms with E-state index < -0.39 is 146 Å². The number of H-pyrrole nitrogens is 2. The number of ether oxygens (including phenoxy) is 1. The van der Waals surface area contributed by atoms with Crippen molar-refractivity contribution >= 4 is 127 Å². The number of nitrogens with two attached hydrogens (primary N) is 4. The number of halogens is 30. The van der Waals surface area contributed by atoms with Crippen LogP contribution in [0.1, 0.15) is 98.6 Å². The van der Waals surface area contributed by atoms with Crippen LogP contribution >= 0.6 is 73.7 Å². The number of hydrogen-bond acceptors (Lipinski definition) is 32. The van der Waals surface area contributed by atoms with Crippen molar-refractivity contribution in [2.24, 2.45) is 17.2 Å². The van der Waals surface area contributed by atoms with E-state index in [4.69, 9.17) is 51.4 Å². The summed E-state index contributed by atoms with van der Waals surface area (Å²) < 4.78 is 315. The third-order valence-corrected chi connectivity index (χ3v) is 14.6. The summed E-state index contributed by atoms with van der Waals surface area (Å²) in [4.78, 5) is 120. The summed E-state index contributed by atoms with van der Waals surface area (Å²) in [6.07, 6.45) is -34.0. The highest BCUT2D eigenvalue weighted by Gasteiger charge is 2.39. The minimum atomic E-state index is -4.71. The minimum absolute atomic E-state index is 0. The maximum absolute atomic E-state index is 13.0. The summed E-state index contributed by atoms with van der Waals surface area (Å²) in [5, 5.41) is 23.9. The van der Waals surface area contributed by atoms with Gasteiger partial charge in [-0.2, -0.15) is 155 Å². The first-order valence-electron chi connectivity index (χ1n) is 36.2. The number of alkyl halides is 24. The van der Waals surface area contributed by atoms with Crippen molar-refractivity contribution in [1.82, 2.24) is 105 Å². The van der Waals surface area contributed by atoms with Gasteiger partial charge < -0.3 is 53.8 Å². The highest BCUT2D eigenvalue weighted by molar-refractivity contribution is 8.24. The number of nitrogen functional groups attached to an aromatic ring is 1. The number of pyridine rings is 8. The molecule has 0 saturated heterocycles. The van der Waals surface area contributed by atoms with Gasteiger partial charge in [-0.3, -0.25) is 34.8 Å². The quantitative estimate of drug-likeness (QED) is 0.0290. The molecule has 4 amide bonds. The van der Waals surface area contributed by atoms with Crippen molar-refractivity contribution in [1.29, 1.82) is 0 Å². The summed E-state index contributed by atoms with van der Waals surface area (Å²) >= 11 is 30.7. The predicted molar refractivity (Wildman–Crippen MR) is 463 cm³/mol. The number of carbonyl (C=O) groups excluding carboxylic acids is 3. The van der Waals surface area contributed by atoms with E-state index in [0.29, 0.717) is 12.6 Å². The Bertz CT molecular complexity index is 6300. The Labute approximate surface area is 809 Å². The molecule has 0 bridgehead atoms. The predicted octanol–water partition coefficient (Wildman–Crippen LogP) is 19.0. The van der Waals surface area contributed by atoms with Gasteiger partial charge in [0.2, 0.25) is 33.7 Å². The highest BCUT2D eigenvalue weighted by atomic mass is 36.0. The van der Waals surface area contributed by atoms with Crippen LogP contribution in [0, 0.1) is 0 Å². The standard InChI is InChI=1S/C19H17F6N7O.C15H7ClF6N6.C9H3Cl2F3N4.C9H5F3N4O2.C8H6F3NO2.C6H5F3N2.C4H11NO.C2H5N3O2.2CH4.Cl3OP/c1-17(2,33)9-27-15-30-14(11-4-3-5-12(29-11)18(20,21)22)31-16(32-15)28-10-6-7-26-13(8-10)19(23,24)25;16-12-26-11(8-2-1-3-9(25-8)14(17,18)19)27-13(28-12)24-7-4-5-23-10(6-7)15(20,21)22;10-7-16-6(17-8(11)18-7)4-2-1-3-5(15-4)9(12,13)14;10-9(11,12)5-3-1-2-4(13-5)6-14-7(17)16-8(18)15-6;1-14-7(13)5-3-2-4-6(12-5)8(9,10)11;7-6(8,9)5-3-4(10)1-2-11-5;1-4(2,6)3-5;3-1(6)5-2(4)7;;;1-5(2,3)4/h3-8,33H,9H2,1-2H3,(H2,26,27,28,30,31,32);1-6H,(H,23,24,26,27,28);1-3H;1-3H,(H2,14,15,16,17,18);2-4H,1H3;1-3H,(H2,10,11);6H,3,5H2,1-2H3;(H5,3,4,5,6,7);2*1H4;. The Hall–Kier alpha value is -13.6. The van der Waals surface area contributed by atoms with Gasteiger partial charge in [-0.1, -0.05) is 45.2 Å². The molecular weight excluding hydrogens is 2120 g/mol. The molecule has 0 fully saturated rings. The molecular formula is C74H67Cl6F24N28O9P. The van der Waals surface area contributed by atoms with Gasteiger partial charge in [0.05, 0.1) is 18.3 Å². The number of imide groups is 1. The average Bonchev–Trinajstić information content (AvgIpc) is 0.809. The van der Waals surface area contributed by atoms with Crippen molar-refractivity contribution in [3.63, 3.8) is 0 Å². The van der Waals surface area contributed by atoms with Gasteiger partial charge in [0, 0.05) is 48.7 Å². The molecule has 0 spiro atoms. The molecule has 0 radical (unpaired) electrons. The van der Waals surface area contributed by atoms with E-state index in [0.717, 1.165) is 98.5 Å². The minimum Gasteiger partial charge on any atom is -0.464 e. The number of rotatable bonds is 13. The van der Waals surface area contributed by atoms with Gasteiger partial charge in [0.1, 0.15) is 74.0 Å². The topological polar surface area (TPSA) is 568 Å².